The highest BCUT2D eigenvalue weighted by molar-refractivity contribution is 7.16. The maximum absolute atomic E-state index is 12.4. The number of carbonyl (C=O) groups excluding carboxylic acids is 1. The van der Waals surface area contributed by atoms with E-state index in [1.165, 1.54) is 11.1 Å². The van der Waals surface area contributed by atoms with Crippen molar-refractivity contribution in [2.45, 2.75) is 13.1 Å². The second-order valence-electron chi connectivity index (χ2n) is 5.28. The number of furan rings is 1. The highest BCUT2D eigenvalue weighted by Gasteiger charge is 2.23. The zero-order chi connectivity index (χ0) is 15.5. The lowest BCUT2D eigenvalue weighted by molar-refractivity contribution is 0.0629. The fourth-order valence-electron chi connectivity index (χ4n) is 2.55. The summed E-state index contributed by atoms with van der Waals surface area (Å²) in [5.41, 5.74) is 6.08. The summed E-state index contributed by atoms with van der Waals surface area (Å²) >= 11 is 7.56. The van der Waals surface area contributed by atoms with Crippen LogP contribution in [0.4, 0.5) is 0 Å². The Balaban J connectivity index is 1.53. The van der Waals surface area contributed by atoms with Gasteiger partial charge in [-0.05, 0) is 18.2 Å². The molecular weight excluding hydrogens is 322 g/mol. The molecule has 2 aromatic heterocycles. The minimum atomic E-state index is 0.0160. The summed E-state index contributed by atoms with van der Waals surface area (Å²) in [7, 11) is 0. The van der Waals surface area contributed by atoms with Gasteiger partial charge in [-0.1, -0.05) is 11.6 Å². The van der Waals surface area contributed by atoms with E-state index >= 15 is 0 Å². The van der Waals surface area contributed by atoms with Crippen LogP contribution in [0.25, 0.3) is 0 Å². The van der Waals surface area contributed by atoms with E-state index in [0.29, 0.717) is 17.9 Å². The normalized spacial score (nSPS) is 16.2. The second-order valence-corrected chi connectivity index (χ2v) is 7.08. The van der Waals surface area contributed by atoms with E-state index < -0.39 is 0 Å². The van der Waals surface area contributed by atoms with Crippen molar-refractivity contribution >= 4 is 28.8 Å². The number of nitrogens with two attached hydrogens (primary N) is 1. The lowest BCUT2D eigenvalue weighted by Gasteiger charge is -2.34. The Morgan fingerprint density at radius 2 is 2.09 bits per heavy atom. The third kappa shape index (κ3) is 3.52. The first kappa shape index (κ1) is 15.6. The van der Waals surface area contributed by atoms with Crippen molar-refractivity contribution in [2.24, 2.45) is 5.73 Å². The Kier molecular flexibility index (Phi) is 4.83. The predicted molar refractivity (Wildman–Crippen MR) is 87.1 cm³/mol. The van der Waals surface area contributed by atoms with Crippen molar-refractivity contribution < 1.29 is 9.21 Å². The molecule has 0 atom stereocenters. The summed E-state index contributed by atoms with van der Waals surface area (Å²) in [5.74, 6) is 0.652. The van der Waals surface area contributed by atoms with Crippen LogP contribution in [0.2, 0.25) is 4.34 Å². The number of piperazine rings is 1. The molecule has 1 amide bonds. The first-order valence-corrected chi connectivity index (χ1v) is 8.38. The van der Waals surface area contributed by atoms with E-state index in [1.54, 1.807) is 17.4 Å². The molecule has 0 aromatic carbocycles. The molecule has 0 saturated carbocycles. The number of rotatable bonds is 4. The SMILES string of the molecule is NCc1cc(C(=O)N2CCN(Cc3ccc(Cl)s3)CC2)co1. The summed E-state index contributed by atoms with van der Waals surface area (Å²) in [6.07, 6.45) is 1.49. The number of hydrogen-bond acceptors (Lipinski definition) is 5. The van der Waals surface area contributed by atoms with Gasteiger partial charge in [-0.2, -0.15) is 0 Å². The lowest BCUT2D eigenvalue weighted by atomic mass is 10.2. The molecule has 22 heavy (non-hydrogen) atoms. The zero-order valence-electron chi connectivity index (χ0n) is 12.1. The molecule has 0 spiro atoms. The smallest absolute Gasteiger partial charge is 0.257 e. The summed E-state index contributed by atoms with van der Waals surface area (Å²) in [6, 6.07) is 5.71. The van der Waals surface area contributed by atoms with Crippen LogP contribution in [-0.4, -0.2) is 41.9 Å². The van der Waals surface area contributed by atoms with Gasteiger partial charge in [0.15, 0.2) is 0 Å². The molecule has 0 aliphatic carbocycles. The van der Waals surface area contributed by atoms with E-state index in [-0.39, 0.29) is 5.91 Å². The number of carbonyl (C=O) groups is 1. The summed E-state index contributed by atoms with van der Waals surface area (Å²) in [5, 5.41) is 0. The molecular formula is C15H18ClN3O2S. The van der Waals surface area contributed by atoms with Gasteiger partial charge in [-0.25, -0.2) is 0 Å². The maximum Gasteiger partial charge on any atom is 0.257 e. The van der Waals surface area contributed by atoms with Gasteiger partial charge in [-0.3, -0.25) is 9.69 Å². The zero-order valence-corrected chi connectivity index (χ0v) is 13.7. The number of hydrogen-bond donors (Lipinski definition) is 1. The first-order chi connectivity index (χ1) is 10.7. The Morgan fingerprint density at radius 3 is 2.68 bits per heavy atom. The first-order valence-electron chi connectivity index (χ1n) is 7.19. The highest BCUT2D eigenvalue weighted by atomic mass is 35.5. The van der Waals surface area contributed by atoms with Gasteiger partial charge in [0.05, 0.1) is 16.4 Å². The second kappa shape index (κ2) is 6.83. The topological polar surface area (TPSA) is 62.7 Å². The molecule has 118 valence electrons. The standard InChI is InChI=1S/C15H18ClN3O2S/c16-14-2-1-13(22-14)9-18-3-5-19(6-4-18)15(20)11-7-12(8-17)21-10-11/h1-2,7,10H,3-6,8-9,17H2. The molecule has 7 heteroatoms. The van der Waals surface area contributed by atoms with Crippen LogP contribution < -0.4 is 5.73 Å². The summed E-state index contributed by atoms with van der Waals surface area (Å²) in [6.45, 7) is 4.38. The van der Waals surface area contributed by atoms with E-state index in [1.807, 2.05) is 11.0 Å². The van der Waals surface area contributed by atoms with E-state index in [4.69, 9.17) is 21.8 Å². The minimum Gasteiger partial charge on any atom is -0.467 e. The van der Waals surface area contributed by atoms with Gasteiger partial charge in [0, 0.05) is 37.6 Å². The lowest BCUT2D eigenvalue weighted by Crippen LogP contribution is -2.48. The van der Waals surface area contributed by atoms with Crippen LogP contribution in [0.1, 0.15) is 21.0 Å². The molecule has 0 bridgehead atoms. The number of amides is 1. The van der Waals surface area contributed by atoms with E-state index in [9.17, 15) is 4.79 Å². The Hall–Kier alpha value is -1.34. The van der Waals surface area contributed by atoms with Crippen LogP contribution >= 0.6 is 22.9 Å². The van der Waals surface area contributed by atoms with Crippen molar-refractivity contribution in [1.29, 1.82) is 0 Å². The molecule has 0 unspecified atom stereocenters. The molecule has 3 heterocycles. The number of halogens is 1. The molecule has 1 aliphatic rings. The summed E-state index contributed by atoms with van der Waals surface area (Å²) < 4.78 is 6.05. The Bertz CT molecular complexity index is 647. The monoisotopic (exact) mass is 339 g/mol. The van der Waals surface area contributed by atoms with Crippen LogP contribution in [0, 0.1) is 0 Å². The van der Waals surface area contributed by atoms with Crippen LogP contribution in [0.3, 0.4) is 0 Å². The van der Waals surface area contributed by atoms with Gasteiger partial charge in [0.1, 0.15) is 12.0 Å². The molecule has 0 radical (unpaired) electrons. The fourth-order valence-corrected chi connectivity index (χ4v) is 3.68. The number of thiophene rings is 1. The quantitative estimate of drug-likeness (QED) is 0.929. The average Bonchev–Trinajstić information content (AvgIpc) is 3.16. The number of nitrogens with zero attached hydrogens (tertiary/aromatic N) is 2. The van der Waals surface area contributed by atoms with Crippen molar-refractivity contribution in [3.63, 3.8) is 0 Å². The van der Waals surface area contributed by atoms with Gasteiger partial charge >= 0.3 is 0 Å². The maximum atomic E-state index is 12.4. The average molecular weight is 340 g/mol. The van der Waals surface area contributed by atoms with Gasteiger partial charge in [-0.15, -0.1) is 11.3 Å². The fraction of sp³-hybridized carbons (Fsp3) is 0.400. The van der Waals surface area contributed by atoms with Gasteiger partial charge in [0.25, 0.3) is 5.91 Å². The van der Waals surface area contributed by atoms with Crippen molar-refractivity contribution in [3.8, 4) is 0 Å². The largest absolute Gasteiger partial charge is 0.467 e. The van der Waals surface area contributed by atoms with Crippen LogP contribution in [0.15, 0.2) is 28.9 Å². The third-order valence-electron chi connectivity index (χ3n) is 3.77. The van der Waals surface area contributed by atoms with Crippen LogP contribution in [-0.2, 0) is 13.1 Å². The Labute approximate surface area is 138 Å². The van der Waals surface area contributed by atoms with Crippen molar-refractivity contribution in [3.05, 3.63) is 45.0 Å². The molecule has 2 aromatic rings. The highest BCUT2D eigenvalue weighted by Crippen LogP contribution is 2.23. The van der Waals surface area contributed by atoms with Crippen molar-refractivity contribution in [2.75, 3.05) is 26.2 Å². The molecule has 1 fully saturated rings. The molecule has 2 N–H and O–H groups in total. The molecule has 3 rings (SSSR count). The van der Waals surface area contributed by atoms with Gasteiger partial charge < -0.3 is 15.1 Å². The molecule has 1 saturated heterocycles. The third-order valence-corrected chi connectivity index (χ3v) is 4.99. The summed E-state index contributed by atoms with van der Waals surface area (Å²) in [4.78, 5) is 17.8. The Morgan fingerprint density at radius 1 is 1.32 bits per heavy atom. The van der Waals surface area contributed by atoms with E-state index in [0.717, 1.165) is 37.1 Å². The van der Waals surface area contributed by atoms with Crippen LogP contribution in [0.5, 0.6) is 0 Å². The molecule has 1 aliphatic heterocycles. The van der Waals surface area contributed by atoms with Gasteiger partial charge in [0.2, 0.25) is 0 Å². The minimum absolute atomic E-state index is 0.0160. The predicted octanol–water partition coefficient (Wildman–Crippen LogP) is 2.41. The molecule has 5 nitrogen and oxygen atoms in total. The van der Waals surface area contributed by atoms with Crippen molar-refractivity contribution in [1.82, 2.24) is 9.80 Å². The van der Waals surface area contributed by atoms with E-state index in [2.05, 4.69) is 11.0 Å².